The lowest BCUT2D eigenvalue weighted by atomic mass is 10.1. The molecule has 0 aliphatic rings. The lowest BCUT2D eigenvalue weighted by molar-refractivity contribution is -0.144. The number of halogens is 3. The Bertz CT molecular complexity index is 1020. The predicted octanol–water partition coefficient (Wildman–Crippen LogP) is 6.89. The van der Waals surface area contributed by atoms with Gasteiger partial charge in [-0.05, 0) is 19.4 Å². The Morgan fingerprint density at radius 1 is 1.09 bits per heavy atom. The van der Waals surface area contributed by atoms with Gasteiger partial charge in [-0.25, -0.2) is 29.3 Å². The van der Waals surface area contributed by atoms with E-state index in [2.05, 4.69) is 32.2 Å². The van der Waals surface area contributed by atoms with Crippen LogP contribution in [0, 0.1) is 6.92 Å². The van der Waals surface area contributed by atoms with Crippen molar-refractivity contribution in [3.63, 3.8) is 0 Å². The van der Waals surface area contributed by atoms with E-state index in [9.17, 15) is 18.0 Å². The maximum Gasteiger partial charge on any atom is 0.451 e. The normalized spacial score (nSPS) is 11.1. The summed E-state index contributed by atoms with van der Waals surface area (Å²) in [5.74, 6) is -1.12. The molecule has 2 N–H and O–H groups in total. The second kappa shape index (κ2) is 14.4. The number of unbranched alkanes of at least 4 members (excludes halogenated alkanes) is 7. The highest BCUT2D eigenvalue weighted by atomic mass is 32.1. The molecule has 3 rings (SSSR count). The Kier molecular flexibility index (Phi) is 11.6. The second-order valence-electron chi connectivity index (χ2n) is 7.85. The van der Waals surface area contributed by atoms with E-state index in [-0.39, 0.29) is 5.69 Å². The molecule has 0 radical (unpaired) electrons. The van der Waals surface area contributed by atoms with Crippen molar-refractivity contribution in [2.45, 2.75) is 71.4 Å². The lowest BCUT2D eigenvalue weighted by Gasteiger charge is -2.05. The fourth-order valence-corrected chi connectivity index (χ4v) is 4.12. The van der Waals surface area contributed by atoms with Crippen molar-refractivity contribution in [1.82, 2.24) is 24.5 Å². The molecular weight excluding hydrogens is 481 g/mol. The molecule has 3 aromatic heterocycles. The minimum absolute atomic E-state index is 0.257. The number of anilines is 1. The molecule has 8 nitrogen and oxygen atoms in total. The van der Waals surface area contributed by atoms with Crippen LogP contribution in [-0.4, -0.2) is 42.2 Å². The summed E-state index contributed by atoms with van der Waals surface area (Å²) < 4.78 is 39.4. The molecule has 192 valence electrons. The number of alkyl halides is 3. The Balaban J connectivity index is 0.000000456. The molecule has 0 fully saturated rings. The standard InChI is InChI=1S/C19H27F3N4S.C4H4N2O2/c1-3-4-5-6-7-8-9-10-12-24-18-25-14(2)16(27-18)15-11-13-23-17(26-15)19(20,21)22;7-4(8)6-2-1-5-3-6/h11,13H,3-10,12H2,1-2H3,(H,24,25);1-3H,(H,7,8). The van der Waals surface area contributed by atoms with Crippen molar-refractivity contribution in [2.75, 3.05) is 11.9 Å². The first-order valence-electron chi connectivity index (χ1n) is 11.6. The number of rotatable bonds is 11. The van der Waals surface area contributed by atoms with E-state index in [0.29, 0.717) is 10.6 Å². The first kappa shape index (κ1) is 28.2. The number of hydrogen-bond donors (Lipinski definition) is 2. The average Bonchev–Trinajstić information content (AvgIpc) is 3.48. The minimum Gasteiger partial charge on any atom is -0.464 e. The zero-order valence-corrected chi connectivity index (χ0v) is 20.7. The smallest absolute Gasteiger partial charge is 0.451 e. The van der Waals surface area contributed by atoms with Gasteiger partial charge in [0.2, 0.25) is 5.82 Å². The molecule has 0 aliphatic carbocycles. The summed E-state index contributed by atoms with van der Waals surface area (Å²) in [4.78, 5) is 25.5. The van der Waals surface area contributed by atoms with Crippen molar-refractivity contribution in [1.29, 1.82) is 0 Å². The van der Waals surface area contributed by atoms with Crippen LogP contribution in [0.5, 0.6) is 0 Å². The van der Waals surface area contributed by atoms with Crippen LogP contribution < -0.4 is 5.32 Å². The molecule has 0 spiro atoms. The number of hydrogen-bond acceptors (Lipinski definition) is 7. The number of imidazole rings is 1. The van der Waals surface area contributed by atoms with E-state index in [4.69, 9.17) is 5.11 Å². The fourth-order valence-electron chi connectivity index (χ4n) is 3.16. The Hall–Kier alpha value is -3.02. The molecular formula is C23H31F3N6O2S. The summed E-state index contributed by atoms with van der Waals surface area (Å²) in [5.41, 5.74) is 0.928. The highest BCUT2D eigenvalue weighted by molar-refractivity contribution is 7.19. The molecule has 0 aliphatic heterocycles. The van der Waals surface area contributed by atoms with Crippen molar-refractivity contribution in [3.05, 3.63) is 42.5 Å². The van der Waals surface area contributed by atoms with Gasteiger partial charge in [-0.1, -0.05) is 63.2 Å². The predicted molar refractivity (Wildman–Crippen MR) is 130 cm³/mol. The molecule has 0 atom stereocenters. The van der Waals surface area contributed by atoms with E-state index in [1.165, 1.54) is 81.1 Å². The highest BCUT2D eigenvalue weighted by Crippen LogP contribution is 2.33. The number of carboxylic acid groups (broad SMARTS) is 1. The van der Waals surface area contributed by atoms with Crippen LogP contribution in [-0.2, 0) is 6.18 Å². The molecule has 0 saturated carbocycles. The monoisotopic (exact) mass is 512 g/mol. The van der Waals surface area contributed by atoms with Crippen LogP contribution >= 0.6 is 11.3 Å². The van der Waals surface area contributed by atoms with Crippen LogP contribution in [0.25, 0.3) is 10.6 Å². The van der Waals surface area contributed by atoms with Gasteiger partial charge >= 0.3 is 12.3 Å². The van der Waals surface area contributed by atoms with Crippen molar-refractivity contribution >= 4 is 22.6 Å². The molecule has 3 aromatic rings. The van der Waals surface area contributed by atoms with Gasteiger partial charge in [-0.15, -0.1) is 0 Å². The third-order valence-corrected chi connectivity index (χ3v) is 6.11. The Morgan fingerprint density at radius 3 is 2.34 bits per heavy atom. The van der Waals surface area contributed by atoms with E-state index in [1.807, 2.05) is 0 Å². The van der Waals surface area contributed by atoms with Crippen LogP contribution in [0.3, 0.4) is 0 Å². The SMILES string of the molecule is CCCCCCCCCCNc1nc(C)c(-c2ccnc(C(F)(F)F)n2)s1.O=C(O)n1ccnc1. The van der Waals surface area contributed by atoms with Gasteiger partial charge in [0.05, 0.1) is 16.3 Å². The van der Waals surface area contributed by atoms with E-state index in [1.54, 1.807) is 6.92 Å². The molecule has 0 bridgehead atoms. The third-order valence-electron chi connectivity index (χ3n) is 4.97. The van der Waals surface area contributed by atoms with Crippen molar-refractivity contribution in [2.24, 2.45) is 0 Å². The molecule has 35 heavy (non-hydrogen) atoms. The quantitative estimate of drug-likeness (QED) is 0.270. The number of aryl methyl sites for hydroxylation is 1. The summed E-state index contributed by atoms with van der Waals surface area (Å²) in [6, 6.07) is 1.48. The van der Waals surface area contributed by atoms with Gasteiger partial charge in [0.25, 0.3) is 0 Å². The summed E-state index contributed by atoms with van der Waals surface area (Å²) in [7, 11) is 0. The zero-order valence-electron chi connectivity index (χ0n) is 19.9. The van der Waals surface area contributed by atoms with Gasteiger partial charge in [0.1, 0.15) is 6.33 Å². The molecule has 0 aromatic carbocycles. The Morgan fingerprint density at radius 2 is 1.77 bits per heavy atom. The van der Waals surface area contributed by atoms with Crippen LogP contribution in [0.4, 0.5) is 23.1 Å². The van der Waals surface area contributed by atoms with Gasteiger partial charge in [0.15, 0.2) is 5.13 Å². The zero-order chi connectivity index (χ0) is 25.7. The van der Waals surface area contributed by atoms with Crippen LogP contribution in [0.15, 0.2) is 31.0 Å². The number of nitrogens with zero attached hydrogens (tertiary/aromatic N) is 5. The third kappa shape index (κ3) is 10.0. The largest absolute Gasteiger partial charge is 0.464 e. The molecule has 12 heteroatoms. The summed E-state index contributed by atoms with van der Waals surface area (Å²) >= 11 is 1.33. The van der Waals surface area contributed by atoms with Gasteiger partial charge in [-0.3, -0.25) is 0 Å². The summed E-state index contributed by atoms with van der Waals surface area (Å²) in [6.07, 6.45) is 9.58. The lowest BCUT2D eigenvalue weighted by Crippen LogP contribution is -2.10. The summed E-state index contributed by atoms with van der Waals surface area (Å²) in [6.45, 7) is 4.82. The number of thiazole rings is 1. The van der Waals surface area contributed by atoms with Crippen molar-refractivity contribution in [3.8, 4) is 10.6 Å². The average molecular weight is 513 g/mol. The maximum absolute atomic E-state index is 12.8. The van der Waals surface area contributed by atoms with E-state index in [0.717, 1.165) is 28.9 Å². The molecule has 0 amide bonds. The van der Waals surface area contributed by atoms with Crippen LogP contribution in [0.1, 0.15) is 69.8 Å². The molecule has 0 saturated heterocycles. The first-order chi connectivity index (χ1) is 16.7. The Labute approximate surface area is 206 Å². The number of aromatic nitrogens is 5. The maximum atomic E-state index is 12.8. The number of nitrogens with one attached hydrogen (secondary N) is 1. The highest BCUT2D eigenvalue weighted by Gasteiger charge is 2.35. The second-order valence-corrected chi connectivity index (χ2v) is 8.85. The van der Waals surface area contributed by atoms with E-state index < -0.39 is 18.1 Å². The molecule has 0 unspecified atom stereocenters. The van der Waals surface area contributed by atoms with Gasteiger partial charge in [0, 0.05) is 25.1 Å². The fraction of sp³-hybridized carbons (Fsp3) is 0.522. The summed E-state index contributed by atoms with van der Waals surface area (Å²) in [5, 5.41) is 12.2. The number of carbonyl (C=O) groups is 1. The van der Waals surface area contributed by atoms with Crippen molar-refractivity contribution < 1.29 is 23.1 Å². The topological polar surface area (TPSA) is 106 Å². The molecule has 3 heterocycles. The van der Waals surface area contributed by atoms with Crippen LogP contribution in [0.2, 0.25) is 0 Å². The van der Waals surface area contributed by atoms with Gasteiger partial charge < -0.3 is 10.4 Å². The van der Waals surface area contributed by atoms with Gasteiger partial charge in [-0.2, -0.15) is 13.2 Å². The minimum atomic E-state index is -4.55. The van der Waals surface area contributed by atoms with E-state index >= 15 is 0 Å². The first-order valence-corrected chi connectivity index (χ1v) is 12.4.